The Morgan fingerprint density at radius 2 is 2.00 bits per heavy atom. The quantitative estimate of drug-likeness (QED) is 0.838. The minimum absolute atomic E-state index is 0.0895. The monoisotopic (exact) mass is 257 g/mol. The number of hydrogen-bond acceptors (Lipinski definition) is 2. The Morgan fingerprint density at radius 1 is 1.33 bits per heavy atom. The first kappa shape index (κ1) is 12.5. The summed E-state index contributed by atoms with van der Waals surface area (Å²) >= 11 is 0. The van der Waals surface area contributed by atoms with E-state index in [1.165, 1.54) is 6.20 Å². The standard InChI is InChI=1S/C12H10F3NO2/c1-7(17)18-11(12(13,14)15)9-6-16-10-5-3-2-4-8(9)10/h2-6,11,16H,1H3/t11-/m0/s1. The molecule has 6 heteroatoms. The number of halogens is 3. The highest BCUT2D eigenvalue weighted by atomic mass is 19.4. The third-order valence-electron chi connectivity index (χ3n) is 2.48. The van der Waals surface area contributed by atoms with Gasteiger partial charge >= 0.3 is 12.1 Å². The normalized spacial score (nSPS) is 13.6. The molecule has 0 aliphatic rings. The van der Waals surface area contributed by atoms with Crippen LogP contribution in [0.1, 0.15) is 18.6 Å². The molecule has 0 spiro atoms. The van der Waals surface area contributed by atoms with E-state index >= 15 is 0 Å². The van der Waals surface area contributed by atoms with E-state index in [1.54, 1.807) is 24.3 Å². The molecule has 0 amide bonds. The van der Waals surface area contributed by atoms with Gasteiger partial charge in [0.25, 0.3) is 0 Å². The molecule has 96 valence electrons. The molecule has 1 aromatic carbocycles. The van der Waals surface area contributed by atoms with Crippen LogP contribution in [-0.2, 0) is 9.53 Å². The summed E-state index contributed by atoms with van der Waals surface area (Å²) in [6, 6.07) is 6.53. The Kier molecular flexibility index (Phi) is 3.02. The zero-order valence-electron chi connectivity index (χ0n) is 9.41. The van der Waals surface area contributed by atoms with Crippen molar-refractivity contribution in [3.8, 4) is 0 Å². The predicted molar refractivity (Wildman–Crippen MR) is 58.9 cm³/mol. The average Bonchev–Trinajstić information content (AvgIpc) is 2.67. The maximum Gasteiger partial charge on any atom is 0.429 e. The van der Waals surface area contributed by atoms with Gasteiger partial charge in [-0.15, -0.1) is 0 Å². The van der Waals surface area contributed by atoms with Gasteiger partial charge in [-0.2, -0.15) is 13.2 Å². The third-order valence-corrected chi connectivity index (χ3v) is 2.48. The summed E-state index contributed by atoms with van der Waals surface area (Å²) in [5, 5.41) is 0.390. The molecule has 0 fully saturated rings. The van der Waals surface area contributed by atoms with Crippen LogP contribution in [0.15, 0.2) is 30.5 Å². The van der Waals surface area contributed by atoms with Crippen molar-refractivity contribution in [3.05, 3.63) is 36.0 Å². The first-order chi connectivity index (χ1) is 8.39. The van der Waals surface area contributed by atoms with E-state index < -0.39 is 18.2 Å². The number of H-pyrrole nitrogens is 1. The van der Waals surface area contributed by atoms with Gasteiger partial charge in [0.05, 0.1) is 0 Å². The zero-order chi connectivity index (χ0) is 13.3. The number of benzene rings is 1. The molecule has 0 unspecified atom stereocenters. The lowest BCUT2D eigenvalue weighted by Gasteiger charge is -2.19. The van der Waals surface area contributed by atoms with Crippen LogP contribution in [0.3, 0.4) is 0 Å². The molecule has 0 radical (unpaired) electrons. The second kappa shape index (κ2) is 4.36. The van der Waals surface area contributed by atoms with Crippen LogP contribution in [0, 0.1) is 0 Å². The number of esters is 1. The molecular weight excluding hydrogens is 247 g/mol. The van der Waals surface area contributed by atoms with Crippen LogP contribution in [0.4, 0.5) is 13.2 Å². The Morgan fingerprint density at radius 3 is 2.61 bits per heavy atom. The molecule has 0 bridgehead atoms. The second-order valence-corrected chi connectivity index (χ2v) is 3.82. The van der Waals surface area contributed by atoms with Crippen molar-refractivity contribution in [2.24, 2.45) is 0 Å². The van der Waals surface area contributed by atoms with Gasteiger partial charge in [-0.3, -0.25) is 4.79 Å². The molecule has 1 heterocycles. The van der Waals surface area contributed by atoms with E-state index in [4.69, 9.17) is 0 Å². The van der Waals surface area contributed by atoms with Crippen LogP contribution in [-0.4, -0.2) is 17.1 Å². The van der Waals surface area contributed by atoms with Gasteiger partial charge in [-0.25, -0.2) is 0 Å². The number of fused-ring (bicyclic) bond motifs is 1. The Bertz CT molecular complexity index is 574. The van der Waals surface area contributed by atoms with Crippen molar-refractivity contribution in [1.29, 1.82) is 0 Å². The number of carbonyl (C=O) groups excluding carboxylic acids is 1. The van der Waals surface area contributed by atoms with Gasteiger partial charge in [-0.05, 0) is 6.07 Å². The molecule has 0 saturated carbocycles. The lowest BCUT2D eigenvalue weighted by atomic mass is 10.1. The van der Waals surface area contributed by atoms with Crippen LogP contribution in [0.25, 0.3) is 10.9 Å². The van der Waals surface area contributed by atoms with E-state index in [0.29, 0.717) is 10.9 Å². The Hall–Kier alpha value is -1.98. The van der Waals surface area contributed by atoms with E-state index in [0.717, 1.165) is 6.92 Å². The van der Waals surface area contributed by atoms with Crippen molar-refractivity contribution in [2.75, 3.05) is 0 Å². The fourth-order valence-corrected chi connectivity index (χ4v) is 1.78. The molecule has 1 atom stereocenters. The van der Waals surface area contributed by atoms with Gasteiger partial charge in [-0.1, -0.05) is 18.2 Å². The number of ether oxygens (including phenoxy) is 1. The Labute approximate surface area is 101 Å². The second-order valence-electron chi connectivity index (χ2n) is 3.82. The Balaban J connectivity index is 2.51. The first-order valence-electron chi connectivity index (χ1n) is 5.19. The highest BCUT2D eigenvalue weighted by molar-refractivity contribution is 5.83. The minimum Gasteiger partial charge on any atom is -0.448 e. The number of rotatable bonds is 2. The van der Waals surface area contributed by atoms with Crippen molar-refractivity contribution < 1.29 is 22.7 Å². The fourth-order valence-electron chi connectivity index (χ4n) is 1.78. The summed E-state index contributed by atoms with van der Waals surface area (Å²) < 4.78 is 43.0. The molecule has 18 heavy (non-hydrogen) atoms. The lowest BCUT2D eigenvalue weighted by Crippen LogP contribution is -2.25. The van der Waals surface area contributed by atoms with Crippen LogP contribution in [0.2, 0.25) is 0 Å². The number of hydrogen-bond donors (Lipinski definition) is 1. The summed E-state index contributed by atoms with van der Waals surface area (Å²) in [4.78, 5) is 13.5. The lowest BCUT2D eigenvalue weighted by molar-refractivity contribution is -0.222. The molecule has 2 rings (SSSR count). The van der Waals surface area contributed by atoms with Crippen molar-refractivity contribution in [2.45, 2.75) is 19.2 Å². The summed E-state index contributed by atoms with van der Waals surface area (Å²) in [7, 11) is 0. The van der Waals surface area contributed by atoms with Crippen LogP contribution < -0.4 is 0 Å². The minimum atomic E-state index is -4.64. The maximum atomic E-state index is 12.9. The molecule has 1 aromatic heterocycles. The van der Waals surface area contributed by atoms with E-state index in [2.05, 4.69) is 9.72 Å². The van der Waals surface area contributed by atoms with Gasteiger partial charge < -0.3 is 9.72 Å². The van der Waals surface area contributed by atoms with Crippen molar-refractivity contribution >= 4 is 16.9 Å². The van der Waals surface area contributed by atoms with Crippen LogP contribution >= 0.6 is 0 Å². The zero-order valence-corrected chi connectivity index (χ0v) is 9.41. The molecule has 3 nitrogen and oxygen atoms in total. The molecule has 2 aromatic rings. The molecule has 1 N–H and O–H groups in total. The van der Waals surface area contributed by atoms with E-state index in [1.807, 2.05) is 0 Å². The SMILES string of the molecule is CC(=O)O[C@@H](c1c[nH]c2ccccc12)C(F)(F)F. The molecule has 0 saturated heterocycles. The maximum absolute atomic E-state index is 12.9. The molecule has 0 aliphatic carbocycles. The summed E-state index contributed by atoms with van der Waals surface area (Å²) in [5.74, 6) is -0.970. The van der Waals surface area contributed by atoms with Gasteiger partial charge in [0, 0.05) is 29.6 Å². The van der Waals surface area contributed by atoms with Gasteiger partial charge in [0.2, 0.25) is 6.10 Å². The van der Waals surface area contributed by atoms with Gasteiger partial charge in [0.1, 0.15) is 0 Å². The molecular formula is C12H10F3NO2. The molecule has 0 aliphatic heterocycles. The summed E-state index contributed by atoms with van der Waals surface area (Å²) in [6.07, 6.45) is -5.67. The van der Waals surface area contributed by atoms with E-state index in [-0.39, 0.29) is 5.56 Å². The fraction of sp³-hybridized carbons (Fsp3) is 0.250. The highest BCUT2D eigenvalue weighted by Crippen LogP contribution is 2.38. The largest absolute Gasteiger partial charge is 0.448 e. The van der Waals surface area contributed by atoms with E-state index in [9.17, 15) is 18.0 Å². The summed E-state index contributed by atoms with van der Waals surface area (Å²) in [5.41, 5.74) is 0.474. The topological polar surface area (TPSA) is 42.1 Å². The highest BCUT2D eigenvalue weighted by Gasteiger charge is 2.44. The smallest absolute Gasteiger partial charge is 0.429 e. The number of aromatic nitrogens is 1. The number of aromatic amines is 1. The van der Waals surface area contributed by atoms with Crippen molar-refractivity contribution in [3.63, 3.8) is 0 Å². The predicted octanol–water partition coefficient (Wildman–Crippen LogP) is 3.33. The summed E-state index contributed by atoms with van der Waals surface area (Å²) in [6.45, 7) is 0.952. The third kappa shape index (κ3) is 2.32. The first-order valence-corrected chi connectivity index (χ1v) is 5.19. The van der Waals surface area contributed by atoms with Crippen LogP contribution in [0.5, 0.6) is 0 Å². The number of alkyl halides is 3. The van der Waals surface area contributed by atoms with Crippen molar-refractivity contribution in [1.82, 2.24) is 4.98 Å². The number of carbonyl (C=O) groups is 1. The number of nitrogens with one attached hydrogen (secondary N) is 1. The number of para-hydroxylation sites is 1. The average molecular weight is 257 g/mol. The van der Waals surface area contributed by atoms with Gasteiger partial charge in [0.15, 0.2) is 0 Å².